The minimum atomic E-state index is 0.811. The lowest BCUT2D eigenvalue weighted by molar-refractivity contribution is 0.679. The number of halogens is 2. The maximum atomic E-state index is 4.43. The Morgan fingerprint density at radius 1 is 1.40 bits per heavy atom. The van der Waals surface area contributed by atoms with E-state index < -0.39 is 0 Å². The van der Waals surface area contributed by atoms with Crippen LogP contribution in [0, 0.1) is 10.6 Å². The molecule has 0 aliphatic rings. The Kier molecular flexibility index (Phi) is 3.45. The normalized spacial score (nSPS) is 10.6. The number of aryl methyl sites for hydroxylation is 1. The number of nitrogens with zero attached hydrogens (tertiary/aromatic N) is 2. The second kappa shape index (κ2) is 4.65. The summed E-state index contributed by atoms with van der Waals surface area (Å²) in [5.74, 6) is 0. The summed E-state index contributed by atoms with van der Waals surface area (Å²) in [6, 6.07) is 8.22. The first-order valence-electron chi connectivity index (χ1n) is 4.60. The summed E-state index contributed by atoms with van der Waals surface area (Å²) < 4.78 is 4.17. The van der Waals surface area contributed by atoms with Gasteiger partial charge < -0.3 is 0 Å². The molecule has 0 N–H and O–H groups in total. The van der Waals surface area contributed by atoms with Crippen LogP contribution in [0.15, 0.2) is 34.9 Å². The Hall–Kier alpha value is -0.360. The van der Waals surface area contributed by atoms with Gasteiger partial charge >= 0.3 is 0 Å². The standard InChI is InChI=1S/C11H10BrIN2/c1-8-6-15(14-11(8)13)7-9-4-2-3-5-10(9)12/h2-6H,7H2,1H3. The Balaban J connectivity index is 2.26. The minimum Gasteiger partial charge on any atom is -0.267 e. The molecule has 0 aliphatic heterocycles. The fourth-order valence-corrected chi connectivity index (χ4v) is 2.21. The highest BCUT2D eigenvalue weighted by atomic mass is 127. The molecule has 0 unspecified atom stereocenters. The summed E-state index contributed by atoms with van der Waals surface area (Å²) in [4.78, 5) is 0. The molecule has 1 aromatic carbocycles. The van der Waals surface area contributed by atoms with Gasteiger partial charge in [0.1, 0.15) is 3.70 Å². The lowest BCUT2D eigenvalue weighted by atomic mass is 10.2. The van der Waals surface area contributed by atoms with Crippen LogP contribution in [0.3, 0.4) is 0 Å². The average Bonchev–Trinajstić information content (AvgIpc) is 2.50. The molecule has 0 aliphatic carbocycles. The van der Waals surface area contributed by atoms with Crippen molar-refractivity contribution in [2.45, 2.75) is 13.5 Å². The molecule has 15 heavy (non-hydrogen) atoms. The molecule has 0 amide bonds. The number of rotatable bonds is 2. The maximum Gasteiger partial charge on any atom is 0.126 e. The van der Waals surface area contributed by atoms with Gasteiger partial charge in [-0.25, -0.2) is 0 Å². The lowest BCUT2D eigenvalue weighted by Crippen LogP contribution is -2.00. The molecule has 0 saturated carbocycles. The maximum absolute atomic E-state index is 4.43. The fourth-order valence-electron chi connectivity index (χ4n) is 1.38. The van der Waals surface area contributed by atoms with Crippen molar-refractivity contribution in [1.29, 1.82) is 0 Å². The predicted molar refractivity (Wildman–Crippen MR) is 72.9 cm³/mol. The second-order valence-corrected chi connectivity index (χ2v) is 5.27. The third kappa shape index (κ3) is 2.60. The minimum absolute atomic E-state index is 0.811. The zero-order valence-corrected chi connectivity index (χ0v) is 12.0. The third-order valence-electron chi connectivity index (χ3n) is 2.17. The zero-order valence-electron chi connectivity index (χ0n) is 8.24. The van der Waals surface area contributed by atoms with Gasteiger partial charge in [0.05, 0.1) is 6.54 Å². The average molecular weight is 377 g/mol. The van der Waals surface area contributed by atoms with E-state index in [2.05, 4.69) is 68.9 Å². The van der Waals surface area contributed by atoms with Crippen LogP contribution in [0.25, 0.3) is 0 Å². The molecule has 78 valence electrons. The molecule has 2 nitrogen and oxygen atoms in total. The summed E-state index contributed by atoms with van der Waals surface area (Å²) in [7, 11) is 0. The van der Waals surface area contributed by atoms with Gasteiger partial charge in [-0.05, 0) is 41.1 Å². The lowest BCUT2D eigenvalue weighted by Gasteiger charge is -2.03. The van der Waals surface area contributed by atoms with Crippen molar-refractivity contribution in [3.8, 4) is 0 Å². The molecule has 0 saturated heterocycles. The summed E-state index contributed by atoms with van der Waals surface area (Å²) in [5, 5.41) is 4.43. The van der Waals surface area contributed by atoms with Crippen LogP contribution < -0.4 is 0 Å². The summed E-state index contributed by atoms with van der Waals surface area (Å²) in [5.41, 5.74) is 2.47. The van der Waals surface area contributed by atoms with Crippen LogP contribution in [0.2, 0.25) is 0 Å². The number of benzene rings is 1. The molecule has 0 spiro atoms. The number of hydrogen-bond acceptors (Lipinski definition) is 1. The van der Waals surface area contributed by atoms with E-state index in [0.717, 1.165) is 14.7 Å². The van der Waals surface area contributed by atoms with Crippen LogP contribution in [0.4, 0.5) is 0 Å². The predicted octanol–water partition coefficient (Wildman–Crippen LogP) is 3.61. The van der Waals surface area contributed by atoms with E-state index in [0.29, 0.717) is 0 Å². The highest BCUT2D eigenvalue weighted by Gasteiger charge is 2.03. The van der Waals surface area contributed by atoms with Crippen LogP contribution in [0.5, 0.6) is 0 Å². The molecule has 2 aromatic rings. The molecule has 1 aromatic heterocycles. The largest absolute Gasteiger partial charge is 0.267 e. The first-order valence-corrected chi connectivity index (χ1v) is 6.47. The van der Waals surface area contributed by atoms with Gasteiger partial charge in [0.2, 0.25) is 0 Å². The highest BCUT2D eigenvalue weighted by Crippen LogP contribution is 2.17. The van der Waals surface area contributed by atoms with Crippen LogP contribution in [-0.2, 0) is 6.54 Å². The van der Waals surface area contributed by atoms with Crippen molar-refractivity contribution in [1.82, 2.24) is 9.78 Å². The zero-order chi connectivity index (χ0) is 10.8. The smallest absolute Gasteiger partial charge is 0.126 e. The SMILES string of the molecule is Cc1cn(Cc2ccccc2Br)nc1I. The Labute approximate surface area is 111 Å². The van der Waals surface area contributed by atoms with Crippen LogP contribution >= 0.6 is 38.5 Å². The molecular formula is C11H10BrIN2. The van der Waals surface area contributed by atoms with E-state index in [1.54, 1.807) is 0 Å². The fraction of sp³-hybridized carbons (Fsp3) is 0.182. The van der Waals surface area contributed by atoms with Crippen LogP contribution in [-0.4, -0.2) is 9.78 Å². The molecule has 0 fully saturated rings. The molecular weight excluding hydrogens is 367 g/mol. The molecule has 1 heterocycles. The van der Waals surface area contributed by atoms with Crippen LogP contribution in [0.1, 0.15) is 11.1 Å². The van der Waals surface area contributed by atoms with E-state index in [-0.39, 0.29) is 0 Å². The molecule has 0 radical (unpaired) electrons. The van der Waals surface area contributed by atoms with E-state index >= 15 is 0 Å². The van der Waals surface area contributed by atoms with E-state index in [1.165, 1.54) is 11.1 Å². The molecule has 0 bridgehead atoms. The van der Waals surface area contributed by atoms with Crippen molar-refractivity contribution >= 4 is 38.5 Å². The van der Waals surface area contributed by atoms with Crippen molar-refractivity contribution in [3.05, 3.63) is 49.8 Å². The quantitative estimate of drug-likeness (QED) is 0.732. The Bertz CT molecular complexity index is 460. The van der Waals surface area contributed by atoms with Gasteiger partial charge in [0.25, 0.3) is 0 Å². The molecule has 2 rings (SSSR count). The molecule has 4 heteroatoms. The number of hydrogen-bond donors (Lipinski definition) is 0. The van der Waals surface area contributed by atoms with Gasteiger partial charge in [0.15, 0.2) is 0 Å². The molecule has 0 atom stereocenters. The second-order valence-electron chi connectivity index (χ2n) is 3.39. The van der Waals surface area contributed by atoms with Gasteiger partial charge in [0, 0.05) is 16.2 Å². The van der Waals surface area contributed by atoms with Crippen molar-refractivity contribution in [2.24, 2.45) is 0 Å². The summed E-state index contributed by atoms with van der Waals surface area (Å²) >= 11 is 5.79. The van der Waals surface area contributed by atoms with Crippen molar-refractivity contribution in [2.75, 3.05) is 0 Å². The van der Waals surface area contributed by atoms with E-state index in [4.69, 9.17) is 0 Å². The van der Waals surface area contributed by atoms with Crippen molar-refractivity contribution in [3.63, 3.8) is 0 Å². The monoisotopic (exact) mass is 376 g/mol. The van der Waals surface area contributed by atoms with Gasteiger partial charge in [-0.3, -0.25) is 4.68 Å². The Morgan fingerprint density at radius 2 is 2.13 bits per heavy atom. The summed E-state index contributed by atoms with van der Waals surface area (Å²) in [6.45, 7) is 2.89. The number of aromatic nitrogens is 2. The van der Waals surface area contributed by atoms with Gasteiger partial charge in [-0.1, -0.05) is 34.1 Å². The topological polar surface area (TPSA) is 17.8 Å². The van der Waals surface area contributed by atoms with Crippen molar-refractivity contribution < 1.29 is 0 Å². The highest BCUT2D eigenvalue weighted by molar-refractivity contribution is 14.1. The van der Waals surface area contributed by atoms with Gasteiger partial charge in [-0.2, -0.15) is 5.10 Å². The van der Waals surface area contributed by atoms with E-state index in [1.807, 2.05) is 16.8 Å². The van der Waals surface area contributed by atoms with Gasteiger partial charge in [-0.15, -0.1) is 0 Å². The van der Waals surface area contributed by atoms with E-state index in [9.17, 15) is 0 Å². The Morgan fingerprint density at radius 3 is 2.73 bits per heavy atom. The third-order valence-corrected chi connectivity index (χ3v) is 4.01. The summed E-state index contributed by atoms with van der Waals surface area (Å²) in [6.07, 6.45) is 2.07. The first kappa shape index (κ1) is 11.1. The first-order chi connectivity index (χ1) is 7.16.